The molecule has 3 nitrogen and oxygen atoms in total. The quantitative estimate of drug-likeness (QED) is 0.802. The Morgan fingerprint density at radius 1 is 1.09 bits per heavy atom. The van der Waals surface area contributed by atoms with Crippen LogP contribution in [0.5, 0.6) is 11.5 Å². The van der Waals surface area contributed by atoms with Crippen LogP contribution in [0.25, 0.3) is 0 Å². The molecule has 1 N–H and O–H groups in total. The summed E-state index contributed by atoms with van der Waals surface area (Å²) in [6.45, 7) is 3.34. The Morgan fingerprint density at radius 2 is 1.77 bits per heavy atom. The number of hydrogen-bond donors (Lipinski definition) is 1. The minimum Gasteiger partial charge on any atom is -0.493 e. The molecule has 0 unspecified atom stereocenters. The number of hydrogen-bond acceptors (Lipinski definition) is 3. The van der Waals surface area contributed by atoms with Crippen LogP contribution in [0.4, 0.5) is 0 Å². The van der Waals surface area contributed by atoms with Gasteiger partial charge in [-0.3, -0.25) is 0 Å². The van der Waals surface area contributed by atoms with Gasteiger partial charge in [-0.1, -0.05) is 43.7 Å². The van der Waals surface area contributed by atoms with Gasteiger partial charge in [0.05, 0.1) is 13.7 Å². The molecule has 0 spiro atoms. The largest absolute Gasteiger partial charge is 0.493 e. The number of nitrogens with one attached hydrogen (secondary N) is 1. The third-order valence-electron chi connectivity index (χ3n) is 4.32. The minimum absolute atomic E-state index is 0.604. The molecule has 0 radical (unpaired) electrons. The summed E-state index contributed by atoms with van der Waals surface area (Å²) in [5.74, 6) is 1.46. The lowest BCUT2D eigenvalue weighted by Gasteiger charge is -2.22. The Hall–Kier alpha value is -0.930. The van der Waals surface area contributed by atoms with Gasteiger partial charge in [0.1, 0.15) is 0 Å². The first-order chi connectivity index (χ1) is 10.7. The van der Waals surface area contributed by atoms with Gasteiger partial charge in [0.15, 0.2) is 11.5 Å². The summed E-state index contributed by atoms with van der Waals surface area (Å²) >= 11 is 6.39. The zero-order valence-electron chi connectivity index (χ0n) is 13.8. The van der Waals surface area contributed by atoms with Gasteiger partial charge in [-0.05, 0) is 31.4 Å². The summed E-state index contributed by atoms with van der Waals surface area (Å²) in [6.07, 6.45) is 9.34. The van der Waals surface area contributed by atoms with Gasteiger partial charge in [-0.2, -0.15) is 0 Å². The standard InChI is InChI=1S/C18H28ClNO2/c1-3-22-18-12-16(19)14(11-17(18)21-2)13-20-15-9-7-5-4-6-8-10-15/h11-12,15,20H,3-10,13H2,1-2H3. The summed E-state index contributed by atoms with van der Waals surface area (Å²) < 4.78 is 11.0. The molecule has 4 heteroatoms. The van der Waals surface area contributed by atoms with Crippen molar-refractivity contribution in [2.24, 2.45) is 0 Å². The van der Waals surface area contributed by atoms with Crippen molar-refractivity contribution >= 4 is 11.6 Å². The molecule has 0 aliphatic heterocycles. The average Bonchev–Trinajstić information content (AvgIpc) is 2.48. The number of halogens is 1. The Kier molecular flexibility index (Phi) is 7.34. The fourth-order valence-electron chi connectivity index (χ4n) is 3.06. The average molecular weight is 326 g/mol. The number of ether oxygens (including phenoxy) is 2. The zero-order valence-corrected chi connectivity index (χ0v) is 14.5. The van der Waals surface area contributed by atoms with Gasteiger partial charge in [0.25, 0.3) is 0 Å². The van der Waals surface area contributed by atoms with Gasteiger partial charge in [-0.25, -0.2) is 0 Å². The molecule has 0 amide bonds. The molecular weight excluding hydrogens is 298 g/mol. The molecular formula is C18H28ClNO2. The normalized spacial score (nSPS) is 16.9. The van der Waals surface area contributed by atoms with E-state index in [1.807, 2.05) is 19.1 Å². The smallest absolute Gasteiger partial charge is 0.162 e. The van der Waals surface area contributed by atoms with E-state index in [0.717, 1.165) is 22.9 Å². The van der Waals surface area contributed by atoms with Crippen LogP contribution in [0.1, 0.15) is 57.4 Å². The summed E-state index contributed by atoms with van der Waals surface area (Å²) in [5, 5.41) is 4.41. The highest BCUT2D eigenvalue weighted by Crippen LogP contribution is 2.33. The molecule has 0 atom stereocenters. The second kappa shape index (κ2) is 9.26. The monoisotopic (exact) mass is 325 g/mol. The van der Waals surface area contributed by atoms with Gasteiger partial charge < -0.3 is 14.8 Å². The molecule has 1 aromatic carbocycles. The van der Waals surface area contributed by atoms with Crippen LogP contribution in [0, 0.1) is 0 Å². The topological polar surface area (TPSA) is 30.5 Å². The Morgan fingerprint density at radius 3 is 2.41 bits per heavy atom. The van der Waals surface area contributed by atoms with Gasteiger partial charge in [0.2, 0.25) is 0 Å². The molecule has 0 bridgehead atoms. The van der Waals surface area contributed by atoms with Gasteiger partial charge in [-0.15, -0.1) is 0 Å². The zero-order chi connectivity index (χ0) is 15.8. The van der Waals surface area contributed by atoms with Crippen LogP contribution in [-0.4, -0.2) is 19.8 Å². The van der Waals surface area contributed by atoms with Crippen molar-refractivity contribution in [3.8, 4) is 11.5 Å². The summed E-state index contributed by atoms with van der Waals surface area (Å²) in [5.41, 5.74) is 1.07. The number of benzene rings is 1. The van der Waals surface area contributed by atoms with Crippen LogP contribution in [0.2, 0.25) is 5.02 Å². The van der Waals surface area contributed by atoms with Crippen LogP contribution >= 0.6 is 11.6 Å². The fourth-order valence-corrected chi connectivity index (χ4v) is 3.28. The molecule has 1 fully saturated rings. The third-order valence-corrected chi connectivity index (χ3v) is 4.67. The first-order valence-corrected chi connectivity index (χ1v) is 8.85. The van der Waals surface area contributed by atoms with Gasteiger partial charge >= 0.3 is 0 Å². The van der Waals surface area contributed by atoms with Crippen molar-refractivity contribution in [2.45, 2.75) is 64.5 Å². The Balaban J connectivity index is 1.99. The van der Waals surface area contributed by atoms with E-state index in [2.05, 4.69) is 5.32 Å². The summed E-state index contributed by atoms with van der Waals surface area (Å²) in [7, 11) is 1.66. The molecule has 22 heavy (non-hydrogen) atoms. The van der Waals surface area contributed by atoms with Crippen LogP contribution in [0.3, 0.4) is 0 Å². The minimum atomic E-state index is 0.604. The van der Waals surface area contributed by atoms with E-state index >= 15 is 0 Å². The van der Waals surface area contributed by atoms with Crippen LogP contribution < -0.4 is 14.8 Å². The second-order valence-corrected chi connectivity index (χ2v) is 6.36. The maximum Gasteiger partial charge on any atom is 0.162 e. The number of methoxy groups -OCH3 is 1. The molecule has 2 rings (SSSR count). The molecule has 0 aromatic heterocycles. The summed E-state index contributed by atoms with van der Waals surface area (Å²) in [6, 6.07) is 4.45. The van der Waals surface area contributed by atoms with E-state index in [1.54, 1.807) is 7.11 Å². The molecule has 1 aromatic rings. The molecule has 0 saturated heterocycles. The van der Waals surface area contributed by atoms with E-state index in [4.69, 9.17) is 21.1 Å². The fraction of sp³-hybridized carbons (Fsp3) is 0.667. The van der Waals surface area contributed by atoms with Crippen molar-refractivity contribution in [1.29, 1.82) is 0 Å². The van der Waals surface area contributed by atoms with Crippen LogP contribution in [-0.2, 0) is 6.54 Å². The lowest BCUT2D eigenvalue weighted by molar-refractivity contribution is 0.310. The Bertz CT molecular complexity index is 457. The first kappa shape index (κ1) is 17.4. The molecule has 1 aliphatic rings. The lowest BCUT2D eigenvalue weighted by atomic mass is 9.96. The maximum atomic E-state index is 6.39. The van der Waals surface area contributed by atoms with Crippen molar-refractivity contribution in [3.63, 3.8) is 0 Å². The van der Waals surface area contributed by atoms with Gasteiger partial charge in [0, 0.05) is 23.7 Å². The highest BCUT2D eigenvalue weighted by molar-refractivity contribution is 6.31. The maximum absolute atomic E-state index is 6.39. The Labute approximate surface area is 139 Å². The summed E-state index contributed by atoms with van der Waals surface area (Å²) in [4.78, 5) is 0. The second-order valence-electron chi connectivity index (χ2n) is 5.95. The molecule has 1 saturated carbocycles. The highest BCUT2D eigenvalue weighted by atomic mass is 35.5. The predicted molar refractivity (Wildman–Crippen MR) is 92.1 cm³/mol. The van der Waals surface area contributed by atoms with Crippen LogP contribution in [0.15, 0.2) is 12.1 Å². The number of rotatable bonds is 6. The van der Waals surface area contributed by atoms with Crippen molar-refractivity contribution < 1.29 is 9.47 Å². The van der Waals surface area contributed by atoms with E-state index < -0.39 is 0 Å². The highest BCUT2D eigenvalue weighted by Gasteiger charge is 2.14. The van der Waals surface area contributed by atoms with E-state index in [9.17, 15) is 0 Å². The van der Waals surface area contributed by atoms with Crippen molar-refractivity contribution in [3.05, 3.63) is 22.7 Å². The lowest BCUT2D eigenvalue weighted by Crippen LogP contribution is -2.29. The van der Waals surface area contributed by atoms with Crippen molar-refractivity contribution in [2.75, 3.05) is 13.7 Å². The predicted octanol–water partition coefficient (Wildman–Crippen LogP) is 4.95. The molecule has 1 aliphatic carbocycles. The first-order valence-electron chi connectivity index (χ1n) is 8.47. The third kappa shape index (κ3) is 5.06. The van der Waals surface area contributed by atoms with Crippen molar-refractivity contribution in [1.82, 2.24) is 5.32 Å². The molecule has 0 heterocycles. The molecule has 124 valence electrons. The van der Waals surface area contributed by atoms with E-state index in [1.165, 1.54) is 44.9 Å². The van der Waals surface area contributed by atoms with E-state index in [0.29, 0.717) is 18.4 Å². The van der Waals surface area contributed by atoms with E-state index in [-0.39, 0.29) is 0 Å². The SMILES string of the molecule is CCOc1cc(Cl)c(CNC2CCCCCCC2)cc1OC.